The number of guanidine groups is 1. The highest BCUT2D eigenvalue weighted by atomic mass is 16.4. The lowest BCUT2D eigenvalue weighted by Crippen LogP contribution is -2.62. The lowest BCUT2D eigenvalue weighted by atomic mass is 10.0. The number of carbonyl (C=O) groups excluding carboxylic acids is 11. The number of aromatic amines is 1. The Kier molecular flexibility index (Phi) is 36.0. The van der Waals surface area contributed by atoms with Gasteiger partial charge in [0.25, 0.3) is 0 Å². The molecule has 0 unspecified atom stereocenters. The molecule has 0 spiro atoms. The van der Waals surface area contributed by atoms with Crippen LogP contribution in [0.15, 0.2) is 35.5 Å². The standard InChI is InChI=1S/C57H97N19O16/c1-29(2)44(75-47(82)34(61)27-77)54(89)71-39(19-13-23-65-57(63)64)50(85)74-42(28-78)53(88)70-37(17-8-11-21-59)48(83)69-38(18-9-12-22-60)51(86)76-45(31(4)79)55(90)67-30(3)46(81)68-36(16-7-10-20-58)49(84)72-40(52(87)73-41(56(91)92)25-43(62)80)24-32-26-66-35-15-6-5-14-33(32)35/h5-6,14-15,26,29-31,34,36-42,44-45,66,77-79H,7-13,16-25,27-28,58-61H2,1-4H3,(H2,62,80)(H,67,90)(H,68,81)(H,69,83)(H,70,88)(H,71,89)(H,72,84)(H,73,87)(H,74,85)(H,75,82)(H,76,86)(H,91,92)(H4,63,64,65)/t30-,31+,34-,36-,37-,38-,39-,40-,41-,42-,44-,45-/m0/s1. The van der Waals surface area contributed by atoms with Crippen molar-refractivity contribution in [3.05, 3.63) is 36.0 Å². The molecule has 35 heteroatoms. The van der Waals surface area contributed by atoms with Crippen molar-refractivity contribution in [2.24, 2.45) is 51.0 Å². The lowest BCUT2D eigenvalue weighted by molar-refractivity contribution is -0.143. The summed E-state index contributed by atoms with van der Waals surface area (Å²) in [5.74, 6) is -13.1. The molecule has 516 valence electrons. The van der Waals surface area contributed by atoms with Gasteiger partial charge in [-0.25, -0.2) is 4.79 Å². The molecule has 0 radical (unpaired) electrons. The van der Waals surface area contributed by atoms with E-state index >= 15 is 0 Å². The molecule has 29 N–H and O–H groups in total. The minimum absolute atomic E-state index is 0.00493. The number of aliphatic carboxylic acids is 1. The number of aromatic nitrogens is 1. The molecule has 35 nitrogen and oxygen atoms in total. The molecule has 12 atom stereocenters. The van der Waals surface area contributed by atoms with Crippen LogP contribution in [0.25, 0.3) is 10.9 Å². The third-order valence-electron chi connectivity index (χ3n) is 14.5. The minimum atomic E-state index is -1.79. The fourth-order valence-corrected chi connectivity index (χ4v) is 9.21. The van der Waals surface area contributed by atoms with Gasteiger partial charge in [-0.2, -0.15) is 0 Å². The van der Waals surface area contributed by atoms with Gasteiger partial charge in [0.2, 0.25) is 65.0 Å². The number of carboxylic acid groups (broad SMARTS) is 1. The van der Waals surface area contributed by atoms with Gasteiger partial charge in [0.1, 0.15) is 66.5 Å². The number of nitrogens with one attached hydrogen (secondary N) is 11. The summed E-state index contributed by atoms with van der Waals surface area (Å²) in [4.78, 5) is 169. The number of carbonyl (C=O) groups is 12. The van der Waals surface area contributed by atoms with Crippen LogP contribution < -0.4 is 93.3 Å². The van der Waals surface area contributed by atoms with Crippen LogP contribution >= 0.6 is 0 Å². The molecule has 0 saturated carbocycles. The largest absolute Gasteiger partial charge is 0.480 e. The number of carboxylic acids is 1. The van der Waals surface area contributed by atoms with Crippen molar-refractivity contribution >= 4 is 87.8 Å². The first-order chi connectivity index (χ1) is 43.5. The molecule has 1 aromatic heterocycles. The average Bonchev–Trinajstić information content (AvgIpc) is 1.64. The number of aliphatic hydroxyl groups is 3. The van der Waals surface area contributed by atoms with Crippen LogP contribution in [0.1, 0.15) is 110 Å². The summed E-state index contributed by atoms with van der Waals surface area (Å²) in [6, 6.07) is -9.64. The van der Waals surface area contributed by atoms with E-state index in [4.69, 9.17) is 40.1 Å². The van der Waals surface area contributed by atoms with E-state index in [1.165, 1.54) is 6.92 Å². The summed E-state index contributed by atoms with van der Waals surface area (Å²) in [6.07, 6.45) is 0.557. The van der Waals surface area contributed by atoms with E-state index in [1.807, 2.05) is 0 Å². The molecule has 1 aromatic carbocycles. The zero-order valence-electron chi connectivity index (χ0n) is 52.5. The monoisotopic (exact) mass is 1300 g/mol. The second kappa shape index (κ2) is 41.7. The second-order valence-corrected chi connectivity index (χ2v) is 22.5. The van der Waals surface area contributed by atoms with Gasteiger partial charge >= 0.3 is 5.97 Å². The first kappa shape index (κ1) is 79.5. The molecule has 2 aromatic rings. The van der Waals surface area contributed by atoms with Gasteiger partial charge in [-0.1, -0.05) is 32.0 Å². The van der Waals surface area contributed by atoms with Gasteiger partial charge in [0.15, 0.2) is 5.96 Å². The normalized spacial score (nSPS) is 15.1. The highest BCUT2D eigenvalue weighted by Crippen LogP contribution is 2.20. The molecule has 0 aliphatic rings. The summed E-state index contributed by atoms with van der Waals surface area (Å²) < 4.78 is 0. The topological polar surface area (TPSA) is 616 Å². The van der Waals surface area contributed by atoms with Crippen LogP contribution in [0.2, 0.25) is 0 Å². The summed E-state index contributed by atoms with van der Waals surface area (Å²) in [5.41, 5.74) is 40.2. The molecule has 0 fully saturated rings. The number of aliphatic imine (C=N–C) groups is 1. The maximum atomic E-state index is 14.2. The Bertz CT molecular complexity index is 2800. The fourth-order valence-electron chi connectivity index (χ4n) is 9.21. The molecule has 0 aliphatic carbocycles. The average molecular weight is 1300 g/mol. The lowest BCUT2D eigenvalue weighted by Gasteiger charge is -2.28. The van der Waals surface area contributed by atoms with Gasteiger partial charge in [0, 0.05) is 30.1 Å². The van der Waals surface area contributed by atoms with Crippen LogP contribution in [-0.2, 0) is 64.0 Å². The highest BCUT2D eigenvalue weighted by molar-refractivity contribution is 5.99. The van der Waals surface area contributed by atoms with Crippen LogP contribution in [0.4, 0.5) is 0 Å². The highest BCUT2D eigenvalue weighted by Gasteiger charge is 2.37. The molecular formula is C57H97N19O16. The number of nitrogens with zero attached hydrogens (tertiary/aromatic N) is 1. The first-order valence-corrected chi connectivity index (χ1v) is 30.4. The number of unbranched alkanes of at least 4 members (excludes halogenated alkanes) is 3. The summed E-state index contributed by atoms with van der Waals surface area (Å²) in [6.45, 7) is 4.38. The Hall–Kier alpha value is -8.61. The van der Waals surface area contributed by atoms with Crippen molar-refractivity contribution in [3.63, 3.8) is 0 Å². The number of hydrogen-bond acceptors (Lipinski definition) is 20. The quantitative estimate of drug-likeness (QED) is 0.0166. The van der Waals surface area contributed by atoms with Crippen LogP contribution in [0.3, 0.4) is 0 Å². The number of fused-ring (bicyclic) bond motifs is 1. The molecule has 92 heavy (non-hydrogen) atoms. The molecular weight excluding hydrogens is 1210 g/mol. The third kappa shape index (κ3) is 27.9. The van der Waals surface area contributed by atoms with Crippen LogP contribution in [0.5, 0.6) is 0 Å². The third-order valence-corrected chi connectivity index (χ3v) is 14.5. The first-order valence-electron chi connectivity index (χ1n) is 30.4. The van der Waals surface area contributed by atoms with Crippen molar-refractivity contribution < 1.29 is 78.0 Å². The van der Waals surface area contributed by atoms with E-state index in [1.54, 1.807) is 44.3 Å². The Morgan fingerprint density at radius 3 is 1.39 bits per heavy atom. The molecule has 0 saturated heterocycles. The van der Waals surface area contributed by atoms with E-state index in [-0.39, 0.29) is 89.9 Å². The van der Waals surface area contributed by atoms with Crippen molar-refractivity contribution in [2.45, 2.75) is 184 Å². The predicted molar refractivity (Wildman–Crippen MR) is 336 cm³/mol. The molecule has 0 aliphatic heterocycles. The van der Waals surface area contributed by atoms with Gasteiger partial charge in [-0.15, -0.1) is 0 Å². The molecule has 0 bridgehead atoms. The number of benzene rings is 1. The second-order valence-electron chi connectivity index (χ2n) is 22.5. The smallest absolute Gasteiger partial charge is 0.326 e. The molecule has 1 heterocycles. The molecule has 2 rings (SSSR count). The van der Waals surface area contributed by atoms with E-state index in [0.29, 0.717) is 35.7 Å². The van der Waals surface area contributed by atoms with Gasteiger partial charge in [0.05, 0.1) is 25.7 Å². The zero-order valence-corrected chi connectivity index (χ0v) is 52.5. The van der Waals surface area contributed by atoms with Gasteiger partial charge in [-0.3, -0.25) is 57.7 Å². The fraction of sp³-hybridized carbons (Fsp3) is 0.632. The van der Waals surface area contributed by atoms with E-state index in [9.17, 15) is 78.0 Å². The Labute approximate surface area is 532 Å². The van der Waals surface area contributed by atoms with Crippen molar-refractivity contribution in [3.8, 4) is 0 Å². The number of amides is 11. The van der Waals surface area contributed by atoms with E-state index in [2.05, 4.69) is 63.1 Å². The van der Waals surface area contributed by atoms with Crippen molar-refractivity contribution in [1.82, 2.24) is 58.2 Å². The summed E-state index contributed by atoms with van der Waals surface area (Å²) in [7, 11) is 0. The minimum Gasteiger partial charge on any atom is -0.480 e. The maximum absolute atomic E-state index is 14.2. The Balaban J connectivity index is 2.39. The van der Waals surface area contributed by atoms with Gasteiger partial charge < -0.3 is 119 Å². The number of rotatable bonds is 45. The van der Waals surface area contributed by atoms with Crippen LogP contribution in [0, 0.1) is 5.92 Å². The molecule has 11 amide bonds. The summed E-state index contributed by atoms with van der Waals surface area (Å²) >= 11 is 0. The maximum Gasteiger partial charge on any atom is 0.326 e. The van der Waals surface area contributed by atoms with Crippen molar-refractivity contribution in [1.29, 1.82) is 0 Å². The van der Waals surface area contributed by atoms with Crippen molar-refractivity contribution in [2.75, 3.05) is 39.4 Å². The number of H-pyrrole nitrogens is 1. The Morgan fingerprint density at radius 2 is 0.924 bits per heavy atom. The SMILES string of the molecule is CC(C)[C@H](NC(=O)[C@@H](N)CO)C(=O)N[C@@H](CCCN=C(N)N)C(=O)N[C@@H](CO)C(=O)N[C@@H](CCCCN)C(=O)N[C@@H](CCCCN)C(=O)N[C@H](C(=O)N[C@@H](C)C(=O)N[C@@H](CCCCN)C(=O)N[C@@H](Cc1c[nH]c2ccccc12)C(=O)N[C@@H](CC(N)=O)C(=O)O)[C@@H](C)O. The zero-order chi connectivity index (χ0) is 69.2. The van der Waals surface area contributed by atoms with E-state index < -0.39 is 169 Å². The Morgan fingerprint density at radius 1 is 0.500 bits per heavy atom. The van der Waals surface area contributed by atoms with E-state index in [0.717, 1.165) is 6.92 Å². The van der Waals surface area contributed by atoms with Gasteiger partial charge in [-0.05, 0) is 122 Å². The predicted octanol–water partition coefficient (Wildman–Crippen LogP) is -7.67. The number of para-hydroxylation sites is 1. The summed E-state index contributed by atoms with van der Waals surface area (Å²) in [5, 5.41) is 65.7. The number of hydrogen-bond donors (Lipinski definition) is 22. The number of primary amides is 1. The van der Waals surface area contributed by atoms with Crippen LogP contribution in [-0.4, -0.2) is 214 Å². The number of aliphatic hydroxyl groups excluding tert-OH is 3. The number of nitrogens with two attached hydrogens (primary N) is 7.